The molecular weight excluding hydrogens is 370 g/mol. The van der Waals surface area contributed by atoms with E-state index in [0.717, 1.165) is 40.2 Å². The van der Waals surface area contributed by atoms with Crippen LogP contribution in [0.25, 0.3) is 0 Å². The Morgan fingerprint density at radius 1 is 1.38 bits per heavy atom. The quantitative estimate of drug-likeness (QED) is 0.680. The van der Waals surface area contributed by atoms with E-state index in [1.807, 2.05) is 18.2 Å². The first-order valence-electron chi connectivity index (χ1n) is 6.94. The van der Waals surface area contributed by atoms with Crippen LogP contribution >= 0.6 is 38.9 Å². The number of rotatable bonds is 7. The summed E-state index contributed by atoms with van der Waals surface area (Å²) in [5, 5.41) is 6.46. The summed E-state index contributed by atoms with van der Waals surface area (Å²) in [5.41, 5.74) is 1.14. The zero-order valence-electron chi connectivity index (χ0n) is 12.2. The van der Waals surface area contributed by atoms with Crippen molar-refractivity contribution in [2.24, 2.45) is 0 Å². The van der Waals surface area contributed by atoms with E-state index in [2.05, 4.69) is 39.6 Å². The molecular formula is C16H19BrClNOS. The summed E-state index contributed by atoms with van der Waals surface area (Å²) in [4.78, 5) is 1.23. The molecule has 0 aliphatic rings. The molecule has 1 aromatic carbocycles. The Hall–Kier alpha value is -0.550. The van der Waals surface area contributed by atoms with Gasteiger partial charge in [-0.15, -0.1) is 11.3 Å². The largest absolute Gasteiger partial charge is 0.496 e. The van der Waals surface area contributed by atoms with Gasteiger partial charge in [-0.3, -0.25) is 0 Å². The summed E-state index contributed by atoms with van der Waals surface area (Å²) in [6.07, 6.45) is 1.95. The fourth-order valence-electron chi connectivity index (χ4n) is 2.22. The second kappa shape index (κ2) is 8.18. The van der Waals surface area contributed by atoms with E-state index < -0.39 is 0 Å². The third-order valence-corrected chi connectivity index (χ3v) is 5.13. The molecule has 0 saturated carbocycles. The fraction of sp³-hybridized carbons (Fsp3) is 0.375. The fourth-order valence-corrected chi connectivity index (χ4v) is 3.90. The monoisotopic (exact) mass is 387 g/mol. The molecule has 2 aromatic rings. The number of methoxy groups -OCH3 is 1. The zero-order chi connectivity index (χ0) is 15.2. The van der Waals surface area contributed by atoms with Crippen molar-refractivity contribution in [3.63, 3.8) is 0 Å². The topological polar surface area (TPSA) is 21.3 Å². The standard InChI is InChI=1S/C16H19BrClNOS/c1-3-7-19-14(16-15(20-2)6-8-21-16)9-11-4-5-12(17)10-13(11)18/h4-6,8,10,14,19H,3,7,9H2,1-2H3. The van der Waals surface area contributed by atoms with Crippen molar-refractivity contribution in [2.75, 3.05) is 13.7 Å². The maximum absolute atomic E-state index is 6.36. The van der Waals surface area contributed by atoms with Crippen LogP contribution in [0.4, 0.5) is 0 Å². The molecule has 0 saturated heterocycles. The minimum absolute atomic E-state index is 0.221. The molecule has 0 amide bonds. The van der Waals surface area contributed by atoms with Gasteiger partial charge in [0.15, 0.2) is 0 Å². The molecule has 1 heterocycles. The smallest absolute Gasteiger partial charge is 0.134 e. The van der Waals surface area contributed by atoms with Crippen molar-refractivity contribution in [2.45, 2.75) is 25.8 Å². The van der Waals surface area contributed by atoms with E-state index in [9.17, 15) is 0 Å². The molecule has 1 aromatic heterocycles. The van der Waals surface area contributed by atoms with Crippen LogP contribution in [0, 0.1) is 0 Å². The van der Waals surface area contributed by atoms with Crippen molar-refractivity contribution in [1.29, 1.82) is 0 Å². The highest BCUT2D eigenvalue weighted by atomic mass is 79.9. The highest BCUT2D eigenvalue weighted by Crippen LogP contribution is 2.34. The minimum atomic E-state index is 0.221. The third-order valence-electron chi connectivity index (χ3n) is 3.27. The predicted molar refractivity (Wildman–Crippen MR) is 94.8 cm³/mol. The number of hydrogen-bond donors (Lipinski definition) is 1. The van der Waals surface area contributed by atoms with Crippen molar-refractivity contribution in [1.82, 2.24) is 5.32 Å². The Labute approximate surface area is 143 Å². The van der Waals surface area contributed by atoms with Crippen LogP contribution in [0.3, 0.4) is 0 Å². The van der Waals surface area contributed by atoms with Crippen molar-refractivity contribution < 1.29 is 4.74 Å². The van der Waals surface area contributed by atoms with Gasteiger partial charge >= 0.3 is 0 Å². The highest BCUT2D eigenvalue weighted by Gasteiger charge is 2.18. The van der Waals surface area contributed by atoms with Crippen LogP contribution in [0.1, 0.15) is 29.8 Å². The van der Waals surface area contributed by atoms with Crippen molar-refractivity contribution in [3.8, 4) is 5.75 Å². The second-order valence-electron chi connectivity index (χ2n) is 4.80. The molecule has 2 nitrogen and oxygen atoms in total. The average molecular weight is 389 g/mol. The first kappa shape index (κ1) is 16.8. The molecule has 0 radical (unpaired) electrons. The molecule has 2 rings (SSSR count). The Kier molecular flexibility index (Phi) is 6.55. The number of nitrogens with one attached hydrogen (secondary N) is 1. The van der Waals surface area contributed by atoms with Gasteiger partial charge in [0.2, 0.25) is 0 Å². The maximum Gasteiger partial charge on any atom is 0.134 e. The Balaban J connectivity index is 2.24. The van der Waals surface area contributed by atoms with Gasteiger partial charge in [0.05, 0.1) is 12.0 Å². The van der Waals surface area contributed by atoms with Gasteiger partial charge in [-0.1, -0.05) is 40.5 Å². The van der Waals surface area contributed by atoms with E-state index in [1.165, 1.54) is 4.88 Å². The van der Waals surface area contributed by atoms with Gasteiger partial charge in [0.25, 0.3) is 0 Å². The summed E-state index contributed by atoms with van der Waals surface area (Å²) >= 11 is 11.5. The Morgan fingerprint density at radius 3 is 2.86 bits per heavy atom. The average Bonchev–Trinajstić information content (AvgIpc) is 2.94. The normalized spacial score (nSPS) is 12.4. The van der Waals surface area contributed by atoms with Crippen molar-refractivity contribution in [3.05, 3.63) is 49.6 Å². The van der Waals surface area contributed by atoms with Crippen LogP contribution in [0.5, 0.6) is 5.75 Å². The summed E-state index contributed by atoms with van der Waals surface area (Å²) in [6.45, 7) is 3.14. The molecule has 1 N–H and O–H groups in total. The van der Waals surface area contributed by atoms with Gasteiger partial charge in [0, 0.05) is 15.5 Å². The van der Waals surface area contributed by atoms with E-state index in [-0.39, 0.29) is 6.04 Å². The molecule has 5 heteroatoms. The zero-order valence-corrected chi connectivity index (χ0v) is 15.3. The number of hydrogen-bond acceptors (Lipinski definition) is 3. The first-order valence-corrected chi connectivity index (χ1v) is 8.99. The van der Waals surface area contributed by atoms with Crippen LogP contribution in [0.2, 0.25) is 5.02 Å². The Morgan fingerprint density at radius 2 is 2.19 bits per heavy atom. The lowest BCUT2D eigenvalue weighted by Crippen LogP contribution is -2.23. The molecule has 21 heavy (non-hydrogen) atoms. The number of benzene rings is 1. The lowest BCUT2D eigenvalue weighted by Gasteiger charge is -2.19. The predicted octanol–water partition coefficient (Wildman–Crippen LogP) is 5.46. The van der Waals surface area contributed by atoms with Crippen LogP contribution in [-0.2, 0) is 6.42 Å². The molecule has 1 atom stereocenters. The SMILES string of the molecule is CCCNC(Cc1ccc(Br)cc1Cl)c1sccc1OC. The molecule has 0 bridgehead atoms. The van der Waals surface area contributed by atoms with Crippen LogP contribution in [0.15, 0.2) is 34.1 Å². The lowest BCUT2D eigenvalue weighted by atomic mass is 10.0. The summed E-state index contributed by atoms with van der Waals surface area (Å²) in [5.74, 6) is 0.946. The number of ether oxygens (including phenoxy) is 1. The van der Waals surface area contributed by atoms with E-state index in [1.54, 1.807) is 18.4 Å². The highest BCUT2D eigenvalue weighted by molar-refractivity contribution is 9.10. The third kappa shape index (κ3) is 4.46. The van der Waals surface area contributed by atoms with E-state index in [4.69, 9.17) is 16.3 Å². The number of halogens is 2. The Bertz CT molecular complexity index is 587. The molecule has 1 unspecified atom stereocenters. The van der Waals surface area contributed by atoms with Gasteiger partial charge < -0.3 is 10.1 Å². The van der Waals surface area contributed by atoms with Gasteiger partial charge in [-0.2, -0.15) is 0 Å². The van der Waals surface area contributed by atoms with Gasteiger partial charge in [0.1, 0.15) is 5.75 Å². The number of thiophene rings is 1. The van der Waals surface area contributed by atoms with Crippen molar-refractivity contribution >= 4 is 38.9 Å². The lowest BCUT2D eigenvalue weighted by molar-refractivity contribution is 0.402. The molecule has 0 spiro atoms. The maximum atomic E-state index is 6.36. The van der Waals surface area contributed by atoms with Gasteiger partial charge in [-0.25, -0.2) is 0 Å². The molecule has 0 fully saturated rings. The molecule has 114 valence electrons. The van der Waals surface area contributed by atoms with Crippen LogP contribution < -0.4 is 10.1 Å². The van der Waals surface area contributed by atoms with Crippen LogP contribution in [-0.4, -0.2) is 13.7 Å². The summed E-state index contributed by atoms with van der Waals surface area (Å²) in [7, 11) is 1.72. The summed E-state index contributed by atoms with van der Waals surface area (Å²) < 4.78 is 6.47. The first-order chi connectivity index (χ1) is 10.2. The summed E-state index contributed by atoms with van der Waals surface area (Å²) in [6, 6.07) is 8.29. The molecule has 0 aliphatic carbocycles. The second-order valence-corrected chi connectivity index (χ2v) is 7.07. The van der Waals surface area contributed by atoms with Gasteiger partial charge in [-0.05, 0) is 48.5 Å². The molecule has 0 aliphatic heterocycles. The van der Waals surface area contributed by atoms with E-state index >= 15 is 0 Å². The minimum Gasteiger partial charge on any atom is -0.496 e. The van der Waals surface area contributed by atoms with E-state index in [0.29, 0.717) is 0 Å².